The van der Waals surface area contributed by atoms with Crippen molar-refractivity contribution in [3.05, 3.63) is 69.5 Å². The summed E-state index contributed by atoms with van der Waals surface area (Å²) in [5.74, 6) is 2.87. The zero-order valence-corrected chi connectivity index (χ0v) is 18.7. The van der Waals surface area contributed by atoms with E-state index < -0.39 is 0 Å². The molecule has 1 aliphatic carbocycles. The lowest BCUT2D eigenvalue weighted by Gasteiger charge is -2.28. The molecular formula is C26H28N4O3. The third kappa shape index (κ3) is 4.13. The Morgan fingerprint density at radius 3 is 2.79 bits per heavy atom. The van der Waals surface area contributed by atoms with Crippen molar-refractivity contribution in [2.24, 2.45) is 0 Å². The molecule has 0 amide bonds. The molecule has 3 aliphatic rings. The first-order chi connectivity index (χ1) is 16.2. The Morgan fingerprint density at radius 2 is 1.94 bits per heavy atom. The second kappa shape index (κ2) is 8.63. The number of ether oxygens (including phenoxy) is 2. The van der Waals surface area contributed by atoms with E-state index in [-0.39, 0.29) is 12.4 Å². The number of pyridine rings is 1. The average molecular weight is 445 g/mol. The summed E-state index contributed by atoms with van der Waals surface area (Å²) >= 11 is 0. The van der Waals surface area contributed by atoms with E-state index in [1.54, 1.807) is 0 Å². The lowest BCUT2D eigenvalue weighted by atomic mass is 9.88. The Labute approximate surface area is 192 Å². The molecule has 0 radical (unpaired) electrons. The quantitative estimate of drug-likeness (QED) is 0.651. The number of hydrogen-bond donors (Lipinski definition) is 1. The predicted molar refractivity (Wildman–Crippen MR) is 124 cm³/mol. The van der Waals surface area contributed by atoms with Gasteiger partial charge in [-0.25, -0.2) is 4.98 Å². The van der Waals surface area contributed by atoms with Crippen LogP contribution in [0.5, 0.6) is 11.5 Å². The van der Waals surface area contributed by atoms with Gasteiger partial charge in [0.05, 0.1) is 17.0 Å². The van der Waals surface area contributed by atoms with Gasteiger partial charge in [0.25, 0.3) is 5.56 Å². The molecule has 0 unspecified atom stereocenters. The van der Waals surface area contributed by atoms with Gasteiger partial charge in [0, 0.05) is 43.7 Å². The third-order valence-corrected chi connectivity index (χ3v) is 7.06. The zero-order valence-electron chi connectivity index (χ0n) is 18.7. The highest BCUT2D eigenvalue weighted by Crippen LogP contribution is 2.35. The monoisotopic (exact) mass is 444 g/mol. The molecule has 7 heteroatoms. The van der Waals surface area contributed by atoms with Crippen molar-refractivity contribution in [3.8, 4) is 22.8 Å². The zero-order chi connectivity index (χ0) is 22.2. The van der Waals surface area contributed by atoms with Crippen molar-refractivity contribution in [2.45, 2.75) is 57.5 Å². The van der Waals surface area contributed by atoms with Crippen LogP contribution in [0.3, 0.4) is 0 Å². The second-order valence-electron chi connectivity index (χ2n) is 9.29. The number of benzene rings is 1. The van der Waals surface area contributed by atoms with Gasteiger partial charge in [0.1, 0.15) is 5.82 Å². The highest BCUT2D eigenvalue weighted by molar-refractivity contribution is 5.64. The molecule has 2 aromatic heterocycles. The number of aromatic amines is 1. The Morgan fingerprint density at radius 1 is 1.06 bits per heavy atom. The van der Waals surface area contributed by atoms with E-state index in [1.807, 2.05) is 30.5 Å². The molecule has 0 atom stereocenters. The van der Waals surface area contributed by atoms with Crippen molar-refractivity contribution in [1.82, 2.24) is 19.9 Å². The summed E-state index contributed by atoms with van der Waals surface area (Å²) in [7, 11) is 0. The highest BCUT2D eigenvalue weighted by Gasteiger charge is 2.24. The Bertz CT molecular complexity index is 1220. The molecule has 33 heavy (non-hydrogen) atoms. The molecule has 170 valence electrons. The predicted octanol–water partition coefficient (Wildman–Crippen LogP) is 4.17. The minimum atomic E-state index is 0.0431. The molecule has 0 bridgehead atoms. The molecule has 7 nitrogen and oxygen atoms in total. The maximum Gasteiger partial charge on any atom is 0.255 e. The smallest absolute Gasteiger partial charge is 0.255 e. The Balaban J connectivity index is 1.14. The molecular weight excluding hydrogens is 416 g/mol. The molecule has 3 aromatic rings. The fraction of sp³-hybridized carbons (Fsp3) is 0.423. The average Bonchev–Trinajstić information content (AvgIpc) is 3.33. The van der Waals surface area contributed by atoms with Crippen LogP contribution < -0.4 is 15.0 Å². The maximum absolute atomic E-state index is 12.9. The largest absolute Gasteiger partial charge is 0.454 e. The summed E-state index contributed by atoms with van der Waals surface area (Å²) in [4.78, 5) is 27.8. The van der Waals surface area contributed by atoms with Crippen LogP contribution in [0.15, 0.2) is 41.3 Å². The maximum atomic E-state index is 12.9. The molecule has 1 N–H and O–H groups in total. The SMILES string of the molecule is O=c1[nH]c(C2CCCCC2)nc2c1CN(Cc1ccc(-c3ccc4c(c3)OCO4)nc1)CC2. The number of fused-ring (bicyclic) bond motifs is 2. The summed E-state index contributed by atoms with van der Waals surface area (Å²) in [6.07, 6.45) is 8.80. The highest BCUT2D eigenvalue weighted by atomic mass is 16.7. The van der Waals surface area contributed by atoms with Crippen LogP contribution in [0, 0.1) is 0 Å². The Hall–Kier alpha value is -3.19. The molecule has 6 rings (SSSR count). The summed E-state index contributed by atoms with van der Waals surface area (Å²) in [6, 6.07) is 10.0. The van der Waals surface area contributed by atoms with E-state index in [9.17, 15) is 4.79 Å². The topological polar surface area (TPSA) is 80.3 Å². The lowest BCUT2D eigenvalue weighted by molar-refractivity contribution is 0.174. The van der Waals surface area contributed by atoms with Crippen LogP contribution >= 0.6 is 0 Å². The summed E-state index contributed by atoms with van der Waals surface area (Å²) in [6.45, 7) is 2.56. The van der Waals surface area contributed by atoms with Gasteiger partial charge in [-0.05, 0) is 42.7 Å². The minimum absolute atomic E-state index is 0.0431. The van der Waals surface area contributed by atoms with E-state index in [2.05, 4.69) is 20.9 Å². The number of nitrogens with one attached hydrogen (secondary N) is 1. The van der Waals surface area contributed by atoms with Gasteiger partial charge < -0.3 is 14.5 Å². The van der Waals surface area contributed by atoms with Crippen LogP contribution in [-0.2, 0) is 19.5 Å². The molecule has 1 saturated carbocycles. The summed E-state index contributed by atoms with van der Waals surface area (Å²) in [5, 5.41) is 0. The first-order valence-corrected chi connectivity index (χ1v) is 11.9. The lowest BCUT2D eigenvalue weighted by Crippen LogP contribution is -2.36. The second-order valence-corrected chi connectivity index (χ2v) is 9.29. The first-order valence-electron chi connectivity index (χ1n) is 11.9. The van der Waals surface area contributed by atoms with Gasteiger partial charge in [-0.2, -0.15) is 0 Å². The van der Waals surface area contributed by atoms with Gasteiger partial charge in [0.2, 0.25) is 6.79 Å². The number of nitrogens with zero attached hydrogens (tertiary/aromatic N) is 3. The van der Waals surface area contributed by atoms with Crippen LogP contribution in [0.2, 0.25) is 0 Å². The van der Waals surface area contributed by atoms with Gasteiger partial charge in [-0.15, -0.1) is 0 Å². The summed E-state index contributed by atoms with van der Waals surface area (Å²) < 4.78 is 10.9. The molecule has 2 aliphatic heterocycles. The Kier molecular flexibility index (Phi) is 5.34. The van der Waals surface area contributed by atoms with Crippen molar-refractivity contribution in [2.75, 3.05) is 13.3 Å². The normalized spacial score (nSPS) is 18.3. The standard InChI is InChI=1S/C26H28N4O3/c31-26-20-15-30(11-10-22(20)28-25(29-26)18-4-2-1-3-5-18)14-17-6-8-21(27-13-17)19-7-9-23-24(12-19)33-16-32-23/h6-9,12-13,18H,1-5,10-11,14-16H2,(H,28,29,31). The first kappa shape index (κ1) is 20.4. The van der Waals surface area contributed by atoms with Crippen molar-refractivity contribution in [1.29, 1.82) is 0 Å². The number of rotatable bonds is 4. The van der Waals surface area contributed by atoms with E-state index in [0.29, 0.717) is 12.5 Å². The van der Waals surface area contributed by atoms with Crippen LogP contribution in [0.4, 0.5) is 0 Å². The minimum Gasteiger partial charge on any atom is -0.454 e. The number of H-pyrrole nitrogens is 1. The molecule has 0 saturated heterocycles. The third-order valence-electron chi connectivity index (χ3n) is 7.06. The van der Waals surface area contributed by atoms with Gasteiger partial charge in [-0.3, -0.25) is 14.7 Å². The van der Waals surface area contributed by atoms with E-state index in [1.165, 1.54) is 19.3 Å². The molecule has 1 fully saturated rings. The van der Waals surface area contributed by atoms with Crippen molar-refractivity contribution < 1.29 is 9.47 Å². The van der Waals surface area contributed by atoms with Crippen LogP contribution in [-0.4, -0.2) is 33.2 Å². The van der Waals surface area contributed by atoms with Gasteiger partial charge in [-0.1, -0.05) is 25.3 Å². The number of hydrogen-bond acceptors (Lipinski definition) is 6. The van der Waals surface area contributed by atoms with Gasteiger partial charge >= 0.3 is 0 Å². The van der Waals surface area contributed by atoms with E-state index >= 15 is 0 Å². The van der Waals surface area contributed by atoms with Crippen LogP contribution in [0.1, 0.15) is 60.7 Å². The van der Waals surface area contributed by atoms with Crippen LogP contribution in [0.25, 0.3) is 11.3 Å². The van der Waals surface area contributed by atoms with Gasteiger partial charge in [0.15, 0.2) is 11.5 Å². The van der Waals surface area contributed by atoms with Crippen molar-refractivity contribution >= 4 is 0 Å². The fourth-order valence-electron chi connectivity index (χ4n) is 5.21. The molecule has 4 heterocycles. The molecule has 1 aromatic carbocycles. The van der Waals surface area contributed by atoms with E-state index in [4.69, 9.17) is 14.5 Å². The molecule has 0 spiro atoms. The number of aromatic nitrogens is 3. The fourth-order valence-corrected chi connectivity index (χ4v) is 5.21. The van der Waals surface area contributed by atoms with Crippen molar-refractivity contribution in [3.63, 3.8) is 0 Å². The van der Waals surface area contributed by atoms with E-state index in [0.717, 1.165) is 77.8 Å². The summed E-state index contributed by atoms with van der Waals surface area (Å²) in [5.41, 5.74) is 4.89.